The summed E-state index contributed by atoms with van der Waals surface area (Å²) in [6.45, 7) is 3.87. The lowest BCUT2D eigenvalue weighted by atomic mass is 10.0. The normalized spacial score (nSPS) is 20.4. The number of rotatable bonds is 5. The molecule has 2 rings (SSSR count). The third kappa shape index (κ3) is 2.92. The molecule has 4 nitrogen and oxygen atoms in total. The molecule has 0 aromatic heterocycles. The summed E-state index contributed by atoms with van der Waals surface area (Å²) in [5, 5.41) is 20.0. The van der Waals surface area contributed by atoms with E-state index >= 15 is 0 Å². The topological polar surface area (TPSA) is 60.8 Å². The average molecular weight is 275 g/mol. The standard InChI is InChI=1S/C16H21NO3/c1-11(2)8-13-9-15(19)17(16(13)20)14(10-18)12-6-4-3-5-7-12/h3-7,9,11,14,16,18,20H,8,10H2,1-2H3/t14-,16?/m0/s1. The third-order valence-electron chi connectivity index (χ3n) is 3.50. The Morgan fingerprint density at radius 3 is 2.45 bits per heavy atom. The van der Waals surface area contributed by atoms with Gasteiger partial charge in [0, 0.05) is 6.08 Å². The molecule has 2 atom stereocenters. The zero-order valence-electron chi connectivity index (χ0n) is 11.9. The molecule has 0 saturated carbocycles. The van der Waals surface area contributed by atoms with Gasteiger partial charge in [-0.05, 0) is 23.5 Å². The zero-order valence-corrected chi connectivity index (χ0v) is 11.9. The highest BCUT2D eigenvalue weighted by Crippen LogP contribution is 2.31. The molecule has 1 heterocycles. The first-order valence-corrected chi connectivity index (χ1v) is 6.91. The smallest absolute Gasteiger partial charge is 0.249 e. The van der Waals surface area contributed by atoms with Gasteiger partial charge in [-0.3, -0.25) is 4.79 Å². The maximum Gasteiger partial charge on any atom is 0.249 e. The first-order valence-electron chi connectivity index (χ1n) is 6.91. The number of benzene rings is 1. The van der Waals surface area contributed by atoms with Crippen LogP contribution in [0, 0.1) is 5.92 Å². The summed E-state index contributed by atoms with van der Waals surface area (Å²) in [7, 11) is 0. The molecule has 0 saturated heterocycles. The number of aliphatic hydroxyl groups excluding tert-OH is 2. The Morgan fingerprint density at radius 2 is 1.90 bits per heavy atom. The van der Waals surface area contributed by atoms with E-state index in [1.807, 2.05) is 44.2 Å². The number of amides is 1. The maximum atomic E-state index is 12.1. The molecule has 108 valence electrons. The Labute approximate surface area is 119 Å². The van der Waals surface area contributed by atoms with E-state index < -0.39 is 12.3 Å². The minimum Gasteiger partial charge on any atom is -0.394 e. The Kier molecular flexibility index (Phi) is 4.57. The van der Waals surface area contributed by atoms with Crippen LogP contribution in [0.15, 0.2) is 42.0 Å². The van der Waals surface area contributed by atoms with Crippen LogP contribution in [0.25, 0.3) is 0 Å². The van der Waals surface area contributed by atoms with E-state index in [-0.39, 0.29) is 12.5 Å². The van der Waals surface area contributed by atoms with E-state index in [0.29, 0.717) is 12.3 Å². The molecule has 0 radical (unpaired) electrons. The van der Waals surface area contributed by atoms with Crippen LogP contribution >= 0.6 is 0 Å². The third-order valence-corrected chi connectivity index (χ3v) is 3.50. The van der Waals surface area contributed by atoms with Crippen LogP contribution in [0.5, 0.6) is 0 Å². The highest BCUT2D eigenvalue weighted by molar-refractivity contribution is 5.92. The van der Waals surface area contributed by atoms with E-state index in [4.69, 9.17) is 0 Å². The second kappa shape index (κ2) is 6.20. The van der Waals surface area contributed by atoms with Gasteiger partial charge in [0.2, 0.25) is 5.91 Å². The summed E-state index contributed by atoms with van der Waals surface area (Å²) < 4.78 is 0. The molecule has 1 aromatic rings. The summed E-state index contributed by atoms with van der Waals surface area (Å²) in [6, 6.07) is 8.77. The van der Waals surface area contributed by atoms with E-state index in [1.54, 1.807) is 0 Å². The van der Waals surface area contributed by atoms with Crippen LogP contribution in [0.2, 0.25) is 0 Å². The largest absolute Gasteiger partial charge is 0.394 e. The Hall–Kier alpha value is -1.65. The number of hydrogen-bond acceptors (Lipinski definition) is 3. The fraction of sp³-hybridized carbons (Fsp3) is 0.438. The minimum atomic E-state index is -0.942. The summed E-state index contributed by atoms with van der Waals surface area (Å²) in [6.07, 6.45) is 1.23. The molecular formula is C16H21NO3. The highest BCUT2D eigenvalue weighted by atomic mass is 16.3. The number of aliphatic hydroxyl groups is 2. The molecule has 1 amide bonds. The number of hydrogen-bond donors (Lipinski definition) is 2. The average Bonchev–Trinajstić information content (AvgIpc) is 2.68. The van der Waals surface area contributed by atoms with Gasteiger partial charge in [0.05, 0.1) is 12.6 Å². The predicted octanol–water partition coefficient (Wildman–Crippen LogP) is 1.85. The lowest BCUT2D eigenvalue weighted by Crippen LogP contribution is -2.40. The first-order chi connectivity index (χ1) is 9.54. The van der Waals surface area contributed by atoms with Gasteiger partial charge in [0.25, 0.3) is 0 Å². The zero-order chi connectivity index (χ0) is 14.7. The lowest BCUT2D eigenvalue weighted by molar-refractivity contribution is -0.136. The van der Waals surface area contributed by atoms with Gasteiger partial charge < -0.3 is 15.1 Å². The summed E-state index contributed by atoms with van der Waals surface area (Å²) in [4.78, 5) is 13.5. The van der Waals surface area contributed by atoms with Crippen molar-refractivity contribution >= 4 is 5.91 Å². The Morgan fingerprint density at radius 1 is 1.25 bits per heavy atom. The van der Waals surface area contributed by atoms with Crippen LogP contribution in [-0.2, 0) is 4.79 Å². The van der Waals surface area contributed by atoms with Gasteiger partial charge in [0.1, 0.15) is 0 Å². The molecule has 1 aliphatic rings. The van der Waals surface area contributed by atoms with Crippen LogP contribution < -0.4 is 0 Å². The molecule has 1 unspecified atom stereocenters. The molecule has 0 aliphatic carbocycles. The number of carbonyl (C=O) groups excluding carboxylic acids is 1. The molecule has 0 bridgehead atoms. The van der Waals surface area contributed by atoms with Crippen molar-refractivity contribution in [3.63, 3.8) is 0 Å². The summed E-state index contributed by atoms with van der Waals surface area (Å²) >= 11 is 0. The molecular weight excluding hydrogens is 254 g/mol. The van der Waals surface area contributed by atoms with Gasteiger partial charge in [-0.15, -0.1) is 0 Å². The van der Waals surface area contributed by atoms with Crippen molar-refractivity contribution in [3.8, 4) is 0 Å². The molecule has 0 spiro atoms. The van der Waals surface area contributed by atoms with Crippen molar-refractivity contribution in [1.82, 2.24) is 4.90 Å². The van der Waals surface area contributed by atoms with Crippen molar-refractivity contribution < 1.29 is 15.0 Å². The van der Waals surface area contributed by atoms with E-state index in [9.17, 15) is 15.0 Å². The molecule has 1 aliphatic heterocycles. The summed E-state index contributed by atoms with van der Waals surface area (Å²) in [5.74, 6) is 0.129. The molecule has 1 aromatic carbocycles. The van der Waals surface area contributed by atoms with Crippen LogP contribution in [0.1, 0.15) is 31.9 Å². The maximum absolute atomic E-state index is 12.1. The van der Waals surface area contributed by atoms with Gasteiger partial charge in [0.15, 0.2) is 6.23 Å². The van der Waals surface area contributed by atoms with Gasteiger partial charge >= 0.3 is 0 Å². The van der Waals surface area contributed by atoms with Gasteiger partial charge in [-0.2, -0.15) is 0 Å². The highest BCUT2D eigenvalue weighted by Gasteiger charge is 2.36. The second-order valence-corrected chi connectivity index (χ2v) is 5.55. The van der Waals surface area contributed by atoms with Crippen LogP contribution in [-0.4, -0.2) is 33.9 Å². The molecule has 20 heavy (non-hydrogen) atoms. The summed E-state index contributed by atoms with van der Waals surface area (Å²) in [5.41, 5.74) is 1.54. The van der Waals surface area contributed by atoms with Crippen LogP contribution in [0.4, 0.5) is 0 Å². The number of nitrogens with zero attached hydrogens (tertiary/aromatic N) is 1. The van der Waals surface area contributed by atoms with Crippen molar-refractivity contribution in [2.45, 2.75) is 32.5 Å². The van der Waals surface area contributed by atoms with Crippen LogP contribution in [0.3, 0.4) is 0 Å². The predicted molar refractivity (Wildman–Crippen MR) is 76.7 cm³/mol. The van der Waals surface area contributed by atoms with E-state index in [1.165, 1.54) is 11.0 Å². The molecule has 0 fully saturated rings. The lowest BCUT2D eigenvalue weighted by Gasteiger charge is -2.31. The van der Waals surface area contributed by atoms with Crippen molar-refractivity contribution in [2.24, 2.45) is 5.92 Å². The van der Waals surface area contributed by atoms with Gasteiger partial charge in [-0.25, -0.2) is 0 Å². The SMILES string of the molecule is CC(C)CC1=CC(=O)N([C@@H](CO)c2ccccc2)C1O. The van der Waals surface area contributed by atoms with E-state index in [2.05, 4.69) is 0 Å². The Balaban J connectivity index is 2.22. The monoisotopic (exact) mass is 275 g/mol. The fourth-order valence-electron chi connectivity index (χ4n) is 2.60. The second-order valence-electron chi connectivity index (χ2n) is 5.55. The quantitative estimate of drug-likeness (QED) is 0.862. The molecule has 4 heteroatoms. The van der Waals surface area contributed by atoms with Gasteiger partial charge in [-0.1, -0.05) is 44.2 Å². The Bertz CT molecular complexity index is 496. The molecule has 2 N–H and O–H groups in total. The fourth-order valence-corrected chi connectivity index (χ4v) is 2.60. The van der Waals surface area contributed by atoms with E-state index in [0.717, 1.165) is 11.1 Å². The van der Waals surface area contributed by atoms with Crippen molar-refractivity contribution in [2.75, 3.05) is 6.61 Å². The number of carbonyl (C=O) groups is 1. The first kappa shape index (κ1) is 14.8. The van der Waals surface area contributed by atoms with Crippen molar-refractivity contribution in [1.29, 1.82) is 0 Å². The van der Waals surface area contributed by atoms with Crippen molar-refractivity contribution in [3.05, 3.63) is 47.5 Å². The minimum absolute atomic E-state index is 0.213.